The maximum absolute atomic E-state index is 13.3. The molecule has 2 amide bonds. The van der Waals surface area contributed by atoms with Gasteiger partial charge < -0.3 is 10.2 Å². The molecule has 118 valence electrons. The SMILES string of the molecule is CC1(C)C(=O)NCCN1C(=O)[C@H]1C[C@H]1c1ccc(F)c(F)c1. The molecule has 0 unspecified atom stereocenters. The van der Waals surface area contributed by atoms with E-state index in [9.17, 15) is 18.4 Å². The Labute approximate surface area is 127 Å². The first-order valence-electron chi connectivity index (χ1n) is 7.37. The van der Waals surface area contributed by atoms with Crippen LogP contribution in [-0.2, 0) is 9.59 Å². The smallest absolute Gasteiger partial charge is 0.245 e. The van der Waals surface area contributed by atoms with E-state index in [4.69, 9.17) is 0 Å². The lowest BCUT2D eigenvalue weighted by Crippen LogP contribution is -2.63. The quantitative estimate of drug-likeness (QED) is 0.906. The van der Waals surface area contributed by atoms with Gasteiger partial charge in [-0.25, -0.2) is 8.78 Å². The summed E-state index contributed by atoms with van der Waals surface area (Å²) in [4.78, 5) is 26.1. The molecule has 1 N–H and O–H groups in total. The van der Waals surface area contributed by atoms with Crippen LogP contribution in [0.25, 0.3) is 0 Å². The highest BCUT2D eigenvalue weighted by Gasteiger charge is 2.50. The molecule has 2 aliphatic rings. The van der Waals surface area contributed by atoms with Crippen molar-refractivity contribution in [2.75, 3.05) is 13.1 Å². The molecule has 2 fully saturated rings. The Morgan fingerprint density at radius 1 is 1.32 bits per heavy atom. The van der Waals surface area contributed by atoms with Crippen molar-refractivity contribution in [2.45, 2.75) is 31.7 Å². The van der Waals surface area contributed by atoms with Crippen LogP contribution in [0.3, 0.4) is 0 Å². The van der Waals surface area contributed by atoms with E-state index in [1.807, 2.05) is 0 Å². The lowest BCUT2D eigenvalue weighted by Gasteiger charge is -2.41. The first kappa shape index (κ1) is 14.9. The lowest BCUT2D eigenvalue weighted by atomic mass is 9.97. The molecule has 1 saturated carbocycles. The summed E-state index contributed by atoms with van der Waals surface area (Å²) in [5.41, 5.74) is -0.243. The van der Waals surface area contributed by atoms with Crippen LogP contribution < -0.4 is 5.32 Å². The van der Waals surface area contributed by atoms with Crippen molar-refractivity contribution in [2.24, 2.45) is 5.92 Å². The fourth-order valence-electron chi connectivity index (χ4n) is 3.06. The summed E-state index contributed by atoms with van der Waals surface area (Å²) < 4.78 is 26.3. The van der Waals surface area contributed by atoms with Gasteiger partial charge in [0.2, 0.25) is 11.8 Å². The highest BCUT2D eigenvalue weighted by atomic mass is 19.2. The number of carbonyl (C=O) groups excluding carboxylic acids is 2. The third kappa shape index (κ3) is 2.36. The van der Waals surface area contributed by atoms with Gasteiger partial charge in [-0.1, -0.05) is 6.07 Å². The summed E-state index contributed by atoms with van der Waals surface area (Å²) in [6, 6.07) is 3.76. The van der Waals surface area contributed by atoms with Crippen molar-refractivity contribution in [1.29, 1.82) is 0 Å². The second kappa shape index (κ2) is 5.04. The van der Waals surface area contributed by atoms with Crippen LogP contribution in [0.5, 0.6) is 0 Å². The largest absolute Gasteiger partial charge is 0.352 e. The van der Waals surface area contributed by atoms with E-state index < -0.39 is 17.2 Å². The Morgan fingerprint density at radius 2 is 2.05 bits per heavy atom. The Bertz CT molecular complexity index is 645. The molecule has 22 heavy (non-hydrogen) atoms. The summed E-state index contributed by atoms with van der Waals surface area (Å²) >= 11 is 0. The molecule has 2 atom stereocenters. The molecular weight excluding hydrogens is 290 g/mol. The first-order chi connectivity index (χ1) is 10.3. The van der Waals surface area contributed by atoms with Gasteiger partial charge in [0.15, 0.2) is 11.6 Å². The van der Waals surface area contributed by atoms with Gasteiger partial charge >= 0.3 is 0 Å². The fourth-order valence-corrected chi connectivity index (χ4v) is 3.06. The summed E-state index contributed by atoms with van der Waals surface area (Å²) in [6.07, 6.45) is 0.609. The third-order valence-corrected chi connectivity index (χ3v) is 4.60. The number of amides is 2. The van der Waals surface area contributed by atoms with Gasteiger partial charge in [0, 0.05) is 19.0 Å². The average Bonchev–Trinajstić information content (AvgIpc) is 3.24. The summed E-state index contributed by atoms with van der Waals surface area (Å²) in [5, 5.41) is 2.75. The van der Waals surface area contributed by atoms with E-state index >= 15 is 0 Å². The van der Waals surface area contributed by atoms with Gasteiger partial charge in [0.25, 0.3) is 0 Å². The van der Waals surface area contributed by atoms with Gasteiger partial charge in [0.1, 0.15) is 5.54 Å². The highest BCUT2D eigenvalue weighted by molar-refractivity contribution is 5.93. The molecule has 4 nitrogen and oxygen atoms in total. The molecular formula is C16H18F2N2O2. The molecule has 1 saturated heterocycles. The van der Waals surface area contributed by atoms with Crippen molar-refractivity contribution in [1.82, 2.24) is 10.2 Å². The van der Waals surface area contributed by atoms with Crippen molar-refractivity contribution in [3.63, 3.8) is 0 Å². The number of halogens is 2. The normalized spacial score (nSPS) is 26.5. The monoisotopic (exact) mass is 308 g/mol. The number of benzene rings is 1. The Hall–Kier alpha value is -1.98. The molecule has 0 bridgehead atoms. The molecule has 6 heteroatoms. The number of nitrogens with one attached hydrogen (secondary N) is 1. The molecule has 1 aromatic rings. The second-order valence-electron chi connectivity index (χ2n) is 6.43. The molecule has 1 aromatic carbocycles. The van der Waals surface area contributed by atoms with Crippen LogP contribution in [0.2, 0.25) is 0 Å². The number of nitrogens with zero attached hydrogens (tertiary/aromatic N) is 1. The second-order valence-corrected chi connectivity index (χ2v) is 6.43. The maximum atomic E-state index is 13.3. The Kier molecular flexibility index (Phi) is 3.42. The van der Waals surface area contributed by atoms with Crippen molar-refractivity contribution >= 4 is 11.8 Å². The fraction of sp³-hybridized carbons (Fsp3) is 0.500. The number of carbonyl (C=O) groups is 2. The van der Waals surface area contributed by atoms with Gasteiger partial charge in [-0.15, -0.1) is 0 Å². The summed E-state index contributed by atoms with van der Waals surface area (Å²) in [6.45, 7) is 4.35. The minimum atomic E-state index is -0.895. The number of hydrogen-bond acceptors (Lipinski definition) is 2. The zero-order chi connectivity index (χ0) is 16.1. The molecule has 0 spiro atoms. The van der Waals surface area contributed by atoms with E-state index in [1.165, 1.54) is 6.07 Å². The topological polar surface area (TPSA) is 49.4 Å². The van der Waals surface area contributed by atoms with E-state index in [0.717, 1.165) is 12.1 Å². The van der Waals surface area contributed by atoms with Crippen LogP contribution in [0.4, 0.5) is 8.78 Å². The molecule has 0 aromatic heterocycles. The highest BCUT2D eigenvalue weighted by Crippen LogP contribution is 2.49. The molecule has 0 radical (unpaired) electrons. The predicted molar refractivity (Wildman–Crippen MR) is 76.0 cm³/mol. The third-order valence-electron chi connectivity index (χ3n) is 4.60. The number of rotatable bonds is 2. The van der Waals surface area contributed by atoms with Crippen molar-refractivity contribution in [3.8, 4) is 0 Å². The van der Waals surface area contributed by atoms with Crippen LogP contribution in [-0.4, -0.2) is 35.3 Å². The zero-order valence-electron chi connectivity index (χ0n) is 12.5. The molecule has 1 aliphatic heterocycles. The molecule has 1 heterocycles. The van der Waals surface area contributed by atoms with Gasteiger partial charge in [0.05, 0.1) is 0 Å². The molecule has 3 rings (SSSR count). The maximum Gasteiger partial charge on any atom is 0.245 e. The van der Waals surface area contributed by atoms with Gasteiger partial charge in [-0.05, 0) is 43.9 Å². The van der Waals surface area contributed by atoms with Crippen LogP contribution in [0.1, 0.15) is 31.7 Å². The zero-order valence-corrected chi connectivity index (χ0v) is 12.5. The lowest BCUT2D eigenvalue weighted by molar-refractivity contribution is -0.150. The Morgan fingerprint density at radius 3 is 2.73 bits per heavy atom. The number of hydrogen-bond donors (Lipinski definition) is 1. The van der Waals surface area contributed by atoms with Crippen molar-refractivity contribution < 1.29 is 18.4 Å². The van der Waals surface area contributed by atoms with E-state index in [1.54, 1.807) is 18.7 Å². The van der Waals surface area contributed by atoms with Gasteiger partial charge in [-0.2, -0.15) is 0 Å². The van der Waals surface area contributed by atoms with Crippen LogP contribution in [0, 0.1) is 17.6 Å². The summed E-state index contributed by atoms with van der Waals surface area (Å²) in [7, 11) is 0. The Balaban J connectivity index is 1.75. The van der Waals surface area contributed by atoms with Crippen LogP contribution in [0.15, 0.2) is 18.2 Å². The van der Waals surface area contributed by atoms with E-state index in [2.05, 4.69) is 5.32 Å². The predicted octanol–water partition coefficient (Wildman–Crippen LogP) is 1.81. The van der Waals surface area contributed by atoms with Crippen LogP contribution >= 0.6 is 0 Å². The molecule has 1 aliphatic carbocycles. The minimum Gasteiger partial charge on any atom is -0.352 e. The summed E-state index contributed by atoms with van der Waals surface area (Å²) in [5.74, 6) is -2.39. The standard InChI is InChI=1S/C16H18F2N2O2/c1-16(2)15(22)19-5-6-20(16)14(21)11-8-10(11)9-3-4-12(17)13(18)7-9/h3-4,7,10-11H,5-6,8H2,1-2H3,(H,19,22)/t10-,11-/m0/s1. The first-order valence-corrected chi connectivity index (χ1v) is 7.37. The van der Waals surface area contributed by atoms with E-state index in [-0.39, 0.29) is 23.7 Å². The number of piperazine rings is 1. The van der Waals surface area contributed by atoms with Crippen molar-refractivity contribution in [3.05, 3.63) is 35.4 Å². The minimum absolute atomic E-state index is 0.0883. The average molecular weight is 308 g/mol. The van der Waals surface area contributed by atoms with E-state index in [0.29, 0.717) is 25.1 Å². The van der Waals surface area contributed by atoms with Gasteiger partial charge in [-0.3, -0.25) is 9.59 Å².